The molecule has 0 heterocycles. The minimum absolute atomic E-state index is 0.00726. The maximum atomic E-state index is 11.7. The van der Waals surface area contributed by atoms with Gasteiger partial charge in [-0.3, -0.25) is 4.79 Å². The van der Waals surface area contributed by atoms with Gasteiger partial charge in [-0.1, -0.05) is 85.6 Å². The molecule has 0 radical (unpaired) electrons. The Kier molecular flexibility index (Phi) is 8.36. The lowest BCUT2D eigenvalue weighted by Crippen LogP contribution is -2.64. The first-order valence-electron chi connectivity index (χ1n) is 14.6. The highest BCUT2D eigenvalue weighted by Gasteiger charge is 2.67. The summed E-state index contributed by atoms with van der Waals surface area (Å²) >= 11 is 8.51. The maximum Gasteiger partial charge on any atom is 0.302 e. The minimum atomic E-state index is -0.137. The topological polar surface area (TPSA) is 26.3 Å². The summed E-state index contributed by atoms with van der Waals surface area (Å²) in [5.41, 5.74) is 0.714. The summed E-state index contributed by atoms with van der Waals surface area (Å²) in [7, 11) is 0. The van der Waals surface area contributed by atoms with Gasteiger partial charge in [-0.15, -0.1) is 0 Å². The molecule has 4 fully saturated rings. The summed E-state index contributed by atoms with van der Waals surface area (Å²) in [6.07, 6.45) is 16.3. The van der Waals surface area contributed by atoms with Crippen LogP contribution in [0.25, 0.3) is 0 Å². The number of carbonyl (C=O) groups is 1. The lowest BCUT2D eigenvalue weighted by Gasteiger charge is -2.66. The number of esters is 1. The third-order valence-corrected chi connectivity index (χ3v) is 15.3. The zero-order valence-electron chi connectivity index (χ0n) is 23.3. The van der Waals surface area contributed by atoms with Gasteiger partial charge in [0.25, 0.3) is 0 Å². The van der Waals surface area contributed by atoms with Crippen LogP contribution in [0.4, 0.5) is 0 Å². The van der Waals surface area contributed by atoms with Gasteiger partial charge in [0.05, 0.1) is 0 Å². The summed E-state index contributed by atoms with van der Waals surface area (Å²) in [6, 6.07) is 0. The first kappa shape index (κ1) is 28.2. The molecule has 0 aromatic heterocycles. The second-order valence-corrected chi connectivity index (χ2v) is 16.1. The first-order valence-corrected chi connectivity index (χ1v) is 16.3. The van der Waals surface area contributed by atoms with Crippen LogP contribution in [0.1, 0.15) is 106 Å². The second kappa shape index (κ2) is 10.4. The van der Waals surface area contributed by atoms with Gasteiger partial charge in [0.15, 0.2) is 0 Å². The molecule has 2 nitrogen and oxygen atoms in total. The zero-order chi connectivity index (χ0) is 25.8. The van der Waals surface area contributed by atoms with Crippen molar-refractivity contribution in [3.63, 3.8) is 0 Å². The number of rotatable bonds is 6. The Morgan fingerprint density at radius 2 is 1.77 bits per heavy atom. The third-order valence-electron chi connectivity index (χ3n) is 11.7. The normalized spacial score (nSPS) is 47.1. The molecule has 3 unspecified atom stereocenters. The fraction of sp³-hybridized carbons (Fsp3) is 0.903. The number of carbonyl (C=O) groups excluding carboxylic acids is 1. The fourth-order valence-corrected chi connectivity index (χ4v) is 11.9. The van der Waals surface area contributed by atoms with E-state index in [0.717, 1.165) is 48.9 Å². The molecule has 0 N–H and O–H groups in total. The van der Waals surface area contributed by atoms with Crippen molar-refractivity contribution in [2.24, 2.45) is 52.3 Å². The molecule has 35 heavy (non-hydrogen) atoms. The van der Waals surface area contributed by atoms with Crippen molar-refractivity contribution in [3.8, 4) is 0 Å². The Morgan fingerprint density at radius 1 is 1.06 bits per heavy atom. The van der Waals surface area contributed by atoms with Crippen LogP contribution in [0.5, 0.6) is 0 Å². The van der Waals surface area contributed by atoms with E-state index in [1.807, 2.05) is 0 Å². The number of allylic oxidation sites excluding steroid dienone is 2. The molecule has 200 valence electrons. The van der Waals surface area contributed by atoms with Crippen LogP contribution >= 0.6 is 31.9 Å². The zero-order valence-corrected chi connectivity index (χ0v) is 26.5. The average Bonchev–Trinajstić information content (AvgIpc) is 3.13. The molecule has 0 aromatic rings. The van der Waals surface area contributed by atoms with Gasteiger partial charge in [-0.25, -0.2) is 0 Å². The molecule has 4 rings (SSSR count). The first-order chi connectivity index (χ1) is 16.4. The van der Waals surface area contributed by atoms with Crippen LogP contribution in [0.2, 0.25) is 0 Å². The van der Waals surface area contributed by atoms with Crippen LogP contribution in [0, 0.1) is 52.3 Å². The van der Waals surface area contributed by atoms with Gasteiger partial charge >= 0.3 is 5.97 Å². The van der Waals surface area contributed by atoms with Gasteiger partial charge in [0.2, 0.25) is 0 Å². The molecule has 0 aliphatic heterocycles. The molecule has 4 aliphatic rings. The summed E-state index contributed by atoms with van der Waals surface area (Å²) < 4.78 is 5.73. The van der Waals surface area contributed by atoms with E-state index in [-0.39, 0.29) is 21.8 Å². The summed E-state index contributed by atoms with van der Waals surface area (Å²) in [5, 5.41) is 0. The highest BCUT2D eigenvalue weighted by Crippen LogP contribution is 2.71. The summed E-state index contributed by atoms with van der Waals surface area (Å²) in [4.78, 5) is 12.1. The monoisotopic (exact) mass is 612 g/mol. The van der Waals surface area contributed by atoms with E-state index in [1.54, 1.807) is 6.92 Å². The van der Waals surface area contributed by atoms with Crippen LogP contribution in [0.3, 0.4) is 0 Å². The fourth-order valence-electron chi connectivity index (χ4n) is 9.67. The quantitative estimate of drug-likeness (QED) is 0.169. The average molecular weight is 615 g/mol. The van der Waals surface area contributed by atoms with Crippen molar-refractivity contribution in [2.75, 3.05) is 0 Å². The Morgan fingerprint density at radius 3 is 2.40 bits per heavy atom. The lowest BCUT2D eigenvalue weighted by atomic mass is 9.44. The number of alkyl halides is 2. The molecule has 11 atom stereocenters. The second-order valence-electron chi connectivity index (χ2n) is 13.6. The standard InChI is InChI=1S/C31H50Br2O2/c1-8-22(19(2)3)10-9-20(4)25-11-12-26-24-17-28(32)31(33)18-23(35-21(5)34)13-16-30(31,7)27(24)14-15-29(25,26)6/h9-10,19-20,22-28H,8,11-18H2,1-7H3/b10-9+/t20-,22-,23+,24?,25-,26?,27?,28-,29-,30-,31+/m1/s1. The van der Waals surface area contributed by atoms with Crippen LogP contribution in [-0.2, 0) is 9.53 Å². The number of halogens is 2. The van der Waals surface area contributed by atoms with E-state index in [0.29, 0.717) is 22.1 Å². The van der Waals surface area contributed by atoms with Gasteiger partial charge in [0.1, 0.15) is 6.10 Å². The molecule has 0 aromatic carbocycles. The molecule has 0 spiro atoms. The Balaban J connectivity index is 1.54. The van der Waals surface area contributed by atoms with E-state index in [1.165, 1.54) is 38.5 Å². The largest absolute Gasteiger partial charge is 0.463 e. The summed E-state index contributed by atoms with van der Waals surface area (Å²) in [5.74, 6) is 5.19. The Labute approximate surface area is 232 Å². The maximum absolute atomic E-state index is 11.7. The number of ether oxygens (including phenoxy) is 1. The molecular weight excluding hydrogens is 564 g/mol. The summed E-state index contributed by atoms with van der Waals surface area (Å²) in [6.45, 7) is 16.3. The molecule has 4 heteroatoms. The van der Waals surface area contributed by atoms with Crippen LogP contribution in [0.15, 0.2) is 12.2 Å². The minimum Gasteiger partial charge on any atom is -0.463 e. The van der Waals surface area contributed by atoms with E-state index < -0.39 is 0 Å². The highest BCUT2D eigenvalue weighted by atomic mass is 79.9. The van der Waals surface area contributed by atoms with Crippen LogP contribution < -0.4 is 0 Å². The van der Waals surface area contributed by atoms with Gasteiger partial charge in [-0.2, -0.15) is 0 Å². The molecule has 0 bridgehead atoms. The highest BCUT2D eigenvalue weighted by molar-refractivity contribution is 9.12. The van der Waals surface area contributed by atoms with E-state index in [9.17, 15) is 4.79 Å². The van der Waals surface area contributed by atoms with Crippen molar-refractivity contribution >= 4 is 37.8 Å². The molecule has 0 amide bonds. The number of hydrogen-bond acceptors (Lipinski definition) is 2. The van der Waals surface area contributed by atoms with Crippen molar-refractivity contribution in [3.05, 3.63) is 12.2 Å². The van der Waals surface area contributed by atoms with E-state index >= 15 is 0 Å². The molecule has 4 saturated carbocycles. The molecule has 0 saturated heterocycles. The predicted octanol–water partition coefficient (Wildman–Crippen LogP) is 9.34. The van der Waals surface area contributed by atoms with Crippen molar-refractivity contribution in [1.82, 2.24) is 0 Å². The van der Waals surface area contributed by atoms with Crippen molar-refractivity contribution in [1.29, 1.82) is 0 Å². The van der Waals surface area contributed by atoms with Crippen molar-refractivity contribution in [2.45, 2.75) is 122 Å². The number of fused-ring (bicyclic) bond motifs is 5. The SMILES string of the molecule is CC[C@H](/C=C/[C@@H](C)[C@H]1CCC2C3C[C@@H](Br)[C@@]4(Br)C[C@@H](OC(C)=O)CC[C@]4(C)C3CC[C@@]21C)C(C)C. The van der Waals surface area contributed by atoms with Gasteiger partial charge < -0.3 is 4.74 Å². The predicted molar refractivity (Wildman–Crippen MR) is 154 cm³/mol. The van der Waals surface area contributed by atoms with Crippen LogP contribution in [-0.4, -0.2) is 21.2 Å². The Bertz CT molecular complexity index is 810. The Hall–Kier alpha value is 0.170. The lowest BCUT2D eigenvalue weighted by molar-refractivity contribution is -0.155. The van der Waals surface area contributed by atoms with Gasteiger partial charge in [-0.05, 0) is 104 Å². The van der Waals surface area contributed by atoms with Crippen molar-refractivity contribution < 1.29 is 9.53 Å². The van der Waals surface area contributed by atoms with E-state index in [2.05, 4.69) is 85.6 Å². The molecule has 4 aliphatic carbocycles. The van der Waals surface area contributed by atoms with E-state index in [4.69, 9.17) is 4.74 Å². The molecular formula is C31H50Br2O2. The third kappa shape index (κ3) is 4.76. The number of hydrogen-bond donors (Lipinski definition) is 0. The van der Waals surface area contributed by atoms with Gasteiger partial charge in [0, 0.05) is 22.5 Å². The smallest absolute Gasteiger partial charge is 0.302 e.